The van der Waals surface area contributed by atoms with Gasteiger partial charge in [0.25, 0.3) is 0 Å². The Morgan fingerprint density at radius 3 is 3.06 bits per heavy atom. The molecule has 2 aromatic rings. The molecule has 0 atom stereocenters. The third-order valence-corrected chi connectivity index (χ3v) is 3.82. The van der Waals surface area contributed by atoms with Gasteiger partial charge in [0.2, 0.25) is 0 Å². The van der Waals surface area contributed by atoms with E-state index in [1.165, 1.54) is 12.8 Å². The number of aromatic nitrogens is 1. The Kier molecular flexibility index (Phi) is 2.83. The van der Waals surface area contributed by atoms with E-state index in [4.69, 9.17) is 4.42 Å². The lowest BCUT2D eigenvalue weighted by Gasteiger charge is -1.97. The molecule has 0 aliphatic heterocycles. The summed E-state index contributed by atoms with van der Waals surface area (Å²) in [6.07, 6.45) is 2.62. The number of nitrogens with one attached hydrogen (secondary N) is 1. The molecule has 1 saturated carbocycles. The molecule has 2 heterocycles. The van der Waals surface area contributed by atoms with Crippen LogP contribution in [0.4, 0.5) is 0 Å². The van der Waals surface area contributed by atoms with Gasteiger partial charge in [-0.15, -0.1) is 11.3 Å². The maximum absolute atomic E-state index is 5.46. The predicted octanol–water partition coefficient (Wildman–Crippen LogP) is 3.42. The van der Waals surface area contributed by atoms with E-state index in [9.17, 15) is 0 Å². The second kappa shape index (κ2) is 4.31. The number of hydrogen-bond acceptors (Lipinski definition) is 4. The van der Waals surface area contributed by atoms with Crippen molar-refractivity contribution in [2.45, 2.75) is 25.4 Å². The number of halogens is 1. The fourth-order valence-electron chi connectivity index (χ4n) is 1.47. The number of rotatable bonds is 4. The van der Waals surface area contributed by atoms with E-state index in [1.54, 1.807) is 11.3 Å². The monoisotopic (exact) mass is 298 g/mol. The molecule has 5 heteroatoms. The van der Waals surface area contributed by atoms with Crippen LogP contribution in [0.5, 0.6) is 0 Å². The molecule has 0 aromatic carbocycles. The number of hydrogen-bond donors (Lipinski definition) is 1. The van der Waals surface area contributed by atoms with Crippen LogP contribution in [0.2, 0.25) is 0 Å². The van der Waals surface area contributed by atoms with Crippen LogP contribution in [0.3, 0.4) is 0 Å². The topological polar surface area (TPSA) is 38.1 Å². The molecule has 1 fully saturated rings. The summed E-state index contributed by atoms with van der Waals surface area (Å²) in [5.74, 6) is 0.828. The van der Waals surface area contributed by atoms with Crippen molar-refractivity contribution in [2.24, 2.45) is 0 Å². The summed E-state index contributed by atoms with van der Waals surface area (Å²) in [6.45, 7) is 0.864. The molecule has 3 rings (SSSR count). The van der Waals surface area contributed by atoms with Crippen molar-refractivity contribution in [3.8, 4) is 10.8 Å². The van der Waals surface area contributed by atoms with Crippen LogP contribution in [-0.4, -0.2) is 11.0 Å². The summed E-state index contributed by atoms with van der Waals surface area (Å²) < 4.78 is 6.21. The zero-order chi connectivity index (χ0) is 11.0. The second-order valence-corrected chi connectivity index (χ2v) is 5.54. The first-order valence-corrected chi connectivity index (χ1v) is 6.92. The Morgan fingerprint density at radius 2 is 2.38 bits per heavy atom. The Balaban J connectivity index is 1.71. The van der Waals surface area contributed by atoms with Crippen molar-refractivity contribution in [3.63, 3.8) is 0 Å². The van der Waals surface area contributed by atoms with Crippen LogP contribution in [0, 0.1) is 0 Å². The maximum Gasteiger partial charge on any atom is 0.170 e. The fraction of sp³-hybridized carbons (Fsp3) is 0.364. The van der Waals surface area contributed by atoms with E-state index in [0.29, 0.717) is 0 Å². The van der Waals surface area contributed by atoms with Crippen LogP contribution in [0.25, 0.3) is 10.8 Å². The highest BCUT2D eigenvalue weighted by molar-refractivity contribution is 9.10. The third-order valence-electron chi connectivity index (χ3n) is 2.48. The van der Waals surface area contributed by atoms with Gasteiger partial charge in [0.05, 0.1) is 5.69 Å². The minimum atomic E-state index is 0.725. The lowest BCUT2D eigenvalue weighted by atomic mass is 10.4. The largest absolute Gasteiger partial charge is 0.447 e. The first-order chi connectivity index (χ1) is 7.81. The third kappa shape index (κ3) is 2.36. The molecule has 0 bridgehead atoms. The minimum absolute atomic E-state index is 0.725. The van der Waals surface area contributed by atoms with Gasteiger partial charge in [-0.1, -0.05) is 0 Å². The molecule has 84 valence electrons. The van der Waals surface area contributed by atoms with Crippen molar-refractivity contribution < 1.29 is 4.42 Å². The van der Waals surface area contributed by atoms with E-state index in [0.717, 1.165) is 33.7 Å². The van der Waals surface area contributed by atoms with Gasteiger partial charge < -0.3 is 9.73 Å². The lowest BCUT2D eigenvalue weighted by molar-refractivity contribution is 0.555. The first-order valence-electron chi connectivity index (χ1n) is 5.25. The molecule has 16 heavy (non-hydrogen) atoms. The van der Waals surface area contributed by atoms with Crippen molar-refractivity contribution in [2.75, 3.05) is 0 Å². The SMILES string of the molecule is Brc1ccc(-c2nc(CNC3CC3)cs2)o1. The Hall–Kier alpha value is -0.650. The van der Waals surface area contributed by atoms with Crippen molar-refractivity contribution >= 4 is 27.3 Å². The predicted molar refractivity (Wildman–Crippen MR) is 67.4 cm³/mol. The van der Waals surface area contributed by atoms with E-state index in [-0.39, 0.29) is 0 Å². The Bertz CT molecular complexity index is 490. The summed E-state index contributed by atoms with van der Waals surface area (Å²) >= 11 is 4.91. The minimum Gasteiger partial charge on any atom is -0.447 e. The molecule has 1 aliphatic carbocycles. The smallest absolute Gasteiger partial charge is 0.170 e. The van der Waals surface area contributed by atoms with Crippen LogP contribution >= 0.6 is 27.3 Å². The zero-order valence-electron chi connectivity index (χ0n) is 8.57. The average molecular weight is 299 g/mol. The van der Waals surface area contributed by atoms with Crippen molar-refractivity contribution in [3.05, 3.63) is 27.9 Å². The Morgan fingerprint density at radius 1 is 1.50 bits per heavy atom. The quantitative estimate of drug-likeness (QED) is 0.940. The summed E-state index contributed by atoms with van der Waals surface area (Å²) in [4.78, 5) is 4.54. The van der Waals surface area contributed by atoms with Crippen molar-refractivity contribution in [1.29, 1.82) is 0 Å². The summed E-state index contributed by atoms with van der Waals surface area (Å²) in [7, 11) is 0. The van der Waals surface area contributed by atoms with Crippen LogP contribution < -0.4 is 5.32 Å². The van der Waals surface area contributed by atoms with Gasteiger partial charge in [0.15, 0.2) is 15.4 Å². The summed E-state index contributed by atoms with van der Waals surface area (Å²) in [5.41, 5.74) is 1.10. The van der Waals surface area contributed by atoms with Gasteiger partial charge in [-0.05, 0) is 40.9 Å². The van der Waals surface area contributed by atoms with Crippen LogP contribution in [0.15, 0.2) is 26.6 Å². The van der Waals surface area contributed by atoms with Crippen LogP contribution in [-0.2, 0) is 6.54 Å². The van der Waals surface area contributed by atoms with Gasteiger partial charge >= 0.3 is 0 Å². The standard InChI is InChI=1S/C11H11BrN2OS/c12-10-4-3-9(15-10)11-14-8(6-16-11)5-13-7-1-2-7/h3-4,6-7,13H,1-2,5H2. The zero-order valence-corrected chi connectivity index (χ0v) is 11.0. The van der Waals surface area contributed by atoms with Gasteiger partial charge in [0.1, 0.15) is 0 Å². The van der Waals surface area contributed by atoms with Gasteiger partial charge in [0, 0.05) is 18.0 Å². The highest BCUT2D eigenvalue weighted by Crippen LogP contribution is 2.28. The normalized spacial score (nSPS) is 15.6. The van der Waals surface area contributed by atoms with E-state index >= 15 is 0 Å². The second-order valence-electron chi connectivity index (χ2n) is 3.90. The van der Waals surface area contributed by atoms with Gasteiger partial charge in [-0.3, -0.25) is 0 Å². The molecule has 0 unspecified atom stereocenters. The molecule has 0 amide bonds. The maximum atomic E-state index is 5.46. The van der Waals surface area contributed by atoms with Crippen LogP contribution in [0.1, 0.15) is 18.5 Å². The highest BCUT2D eigenvalue weighted by Gasteiger charge is 2.20. The summed E-state index contributed by atoms with van der Waals surface area (Å²) in [5, 5.41) is 6.47. The molecular formula is C11H11BrN2OS. The van der Waals surface area contributed by atoms with E-state index < -0.39 is 0 Å². The molecule has 0 radical (unpaired) electrons. The average Bonchev–Trinajstić information content (AvgIpc) is 2.81. The molecule has 3 nitrogen and oxygen atoms in total. The highest BCUT2D eigenvalue weighted by atomic mass is 79.9. The molecule has 1 N–H and O–H groups in total. The van der Waals surface area contributed by atoms with Gasteiger partial charge in [-0.2, -0.15) is 0 Å². The number of thiazole rings is 1. The van der Waals surface area contributed by atoms with Gasteiger partial charge in [-0.25, -0.2) is 4.98 Å². The Labute approximate surface area is 106 Å². The lowest BCUT2D eigenvalue weighted by Crippen LogP contribution is -2.15. The fourth-order valence-corrected chi connectivity index (χ4v) is 2.55. The number of nitrogens with zero attached hydrogens (tertiary/aromatic N) is 1. The first kappa shape index (κ1) is 10.5. The van der Waals surface area contributed by atoms with E-state index in [1.807, 2.05) is 12.1 Å². The molecule has 1 aliphatic rings. The molecule has 0 spiro atoms. The van der Waals surface area contributed by atoms with E-state index in [2.05, 4.69) is 31.6 Å². The van der Waals surface area contributed by atoms with Crippen molar-refractivity contribution in [1.82, 2.24) is 10.3 Å². The summed E-state index contributed by atoms with van der Waals surface area (Å²) in [6, 6.07) is 4.54. The molecule has 2 aromatic heterocycles. The molecule has 0 saturated heterocycles. The number of furan rings is 1. The molecular weight excluding hydrogens is 288 g/mol.